The normalized spacial score (nSPS) is 14.6. The molecule has 3 aromatic rings. The Kier molecular flexibility index (Phi) is 3.37. The summed E-state index contributed by atoms with van der Waals surface area (Å²) in [5.74, 6) is 1.62. The van der Waals surface area contributed by atoms with Crippen molar-refractivity contribution in [1.29, 1.82) is 0 Å². The molecule has 3 aromatic heterocycles. The highest BCUT2D eigenvalue weighted by Gasteiger charge is 2.18. The van der Waals surface area contributed by atoms with Gasteiger partial charge in [0.05, 0.1) is 16.8 Å². The maximum atomic E-state index is 4.79. The van der Waals surface area contributed by atoms with Crippen molar-refractivity contribution < 1.29 is 0 Å². The van der Waals surface area contributed by atoms with Crippen LogP contribution in [-0.4, -0.2) is 33.0 Å². The number of aryl methyl sites for hydroxylation is 2. The Morgan fingerprint density at radius 3 is 2.78 bits per heavy atom. The van der Waals surface area contributed by atoms with E-state index in [4.69, 9.17) is 9.97 Å². The summed E-state index contributed by atoms with van der Waals surface area (Å²) in [5, 5.41) is 4.44. The SMILES string of the molecule is Cc1cc2c(Nc3cccnc3C)nc(N3CCCC3)nc2[nH]1. The lowest BCUT2D eigenvalue weighted by atomic mass is 10.3. The highest BCUT2D eigenvalue weighted by molar-refractivity contribution is 5.91. The Morgan fingerprint density at radius 1 is 1.17 bits per heavy atom. The molecular weight excluding hydrogens is 288 g/mol. The van der Waals surface area contributed by atoms with Crippen molar-refractivity contribution in [2.24, 2.45) is 0 Å². The van der Waals surface area contributed by atoms with Gasteiger partial charge in [-0.25, -0.2) is 0 Å². The molecule has 1 fully saturated rings. The number of pyridine rings is 1. The van der Waals surface area contributed by atoms with Crippen LogP contribution < -0.4 is 10.2 Å². The van der Waals surface area contributed by atoms with Gasteiger partial charge in [-0.1, -0.05) is 0 Å². The second-order valence-electron chi connectivity index (χ2n) is 6.04. The molecule has 0 radical (unpaired) electrons. The molecule has 0 aliphatic carbocycles. The van der Waals surface area contributed by atoms with Crippen LogP contribution in [0.25, 0.3) is 11.0 Å². The monoisotopic (exact) mass is 308 g/mol. The van der Waals surface area contributed by atoms with Crippen molar-refractivity contribution in [3.63, 3.8) is 0 Å². The first-order chi connectivity index (χ1) is 11.2. The Bertz CT molecular complexity index is 847. The van der Waals surface area contributed by atoms with Crippen LogP contribution in [0.1, 0.15) is 24.2 Å². The standard InChI is InChI=1S/C17H20N6/c1-11-10-13-15(19-11)21-17(23-8-3-4-9-23)22-16(13)20-14-6-5-7-18-12(14)2/h5-7,10H,3-4,8-9H2,1-2H3,(H2,19,20,21,22). The van der Waals surface area contributed by atoms with E-state index in [2.05, 4.69) is 26.3 Å². The van der Waals surface area contributed by atoms with Crippen LogP contribution in [0.5, 0.6) is 0 Å². The zero-order chi connectivity index (χ0) is 15.8. The first-order valence-electron chi connectivity index (χ1n) is 8.01. The van der Waals surface area contributed by atoms with Crippen LogP contribution in [0, 0.1) is 13.8 Å². The quantitative estimate of drug-likeness (QED) is 0.777. The van der Waals surface area contributed by atoms with E-state index in [9.17, 15) is 0 Å². The predicted octanol–water partition coefficient (Wildman–Crippen LogP) is 3.31. The van der Waals surface area contributed by atoms with Gasteiger partial charge in [-0.3, -0.25) is 4.98 Å². The number of aromatic amines is 1. The lowest BCUT2D eigenvalue weighted by Crippen LogP contribution is -2.20. The fourth-order valence-corrected chi connectivity index (χ4v) is 3.03. The third kappa shape index (κ3) is 2.60. The van der Waals surface area contributed by atoms with Gasteiger partial charge >= 0.3 is 0 Å². The number of hydrogen-bond acceptors (Lipinski definition) is 5. The van der Waals surface area contributed by atoms with Gasteiger partial charge in [0.15, 0.2) is 0 Å². The Labute approximate surface area is 135 Å². The minimum atomic E-state index is 0.792. The molecule has 2 N–H and O–H groups in total. The summed E-state index contributed by atoms with van der Waals surface area (Å²) < 4.78 is 0. The maximum absolute atomic E-state index is 4.79. The summed E-state index contributed by atoms with van der Waals surface area (Å²) in [6.07, 6.45) is 4.21. The highest BCUT2D eigenvalue weighted by atomic mass is 15.3. The summed E-state index contributed by atoms with van der Waals surface area (Å²) in [5.41, 5.74) is 3.88. The van der Waals surface area contributed by atoms with Gasteiger partial charge in [0.1, 0.15) is 11.5 Å². The first-order valence-corrected chi connectivity index (χ1v) is 8.01. The van der Waals surface area contributed by atoms with Gasteiger partial charge in [0.25, 0.3) is 0 Å². The van der Waals surface area contributed by atoms with Gasteiger partial charge in [-0.05, 0) is 44.9 Å². The zero-order valence-corrected chi connectivity index (χ0v) is 13.4. The number of nitrogens with zero attached hydrogens (tertiary/aromatic N) is 4. The molecule has 1 aliphatic rings. The van der Waals surface area contributed by atoms with Crippen molar-refractivity contribution in [3.8, 4) is 0 Å². The maximum Gasteiger partial charge on any atom is 0.229 e. The van der Waals surface area contributed by atoms with Gasteiger partial charge in [0.2, 0.25) is 5.95 Å². The zero-order valence-electron chi connectivity index (χ0n) is 13.4. The highest BCUT2D eigenvalue weighted by Crippen LogP contribution is 2.28. The van der Waals surface area contributed by atoms with Crippen molar-refractivity contribution in [2.45, 2.75) is 26.7 Å². The third-order valence-corrected chi connectivity index (χ3v) is 4.26. The average Bonchev–Trinajstić information content (AvgIpc) is 3.18. The third-order valence-electron chi connectivity index (χ3n) is 4.26. The molecule has 118 valence electrons. The van der Waals surface area contributed by atoms with Gasteiger partial charge < -0.3 is 15.2 Å². The predicted molar refractivity (Wildman–Crippen MR) is 92.3 cm³/mol. The summed E-state index contributed by atoms with van der Waals surface area (Å²) in [6, 6.07) is 6.03. The molecule has 6 nitrogen and oxygen atoms in total. The van der Waals surface area contributed by atoms with E-state index in [1.165, 1.54) is 12.8 Å². The summed E-state index contributed by atoms with van der Waals surface area (Å²) in [7, 11) is 0. The number of fused-ring (bicyclic) bond motifs is 1. The van der Waals surface area contributed by atoms with Crippen LogP contribution in [0.15, 0.2) is 24.4 Å². The summed E-state index contributed by atoms with van der Waals surface area (Å²) in [6.45, 7) is 6.08. The molecule has 1 aliphatic heterocycles. The molecule has 4 heterocycles. The molecule has 4 rings (SSSR count). The minimum Gasteiger partial charge on any atom is -0.343 e. The number of anilines is 3. The molecule has 0 bridgehead atoms. The Morgan fingerprint density at radius 2 is 2.00 bits per heavy atom. The van der Waals surface area contributed by atoms with Crippen LogP contribution in [0.2, 0.25) is 0 Å². The molecule has 23 heavy (non-hydrogen) atoms. The van der Waals surface area contributed by atoms with E-state index in [1.54, 1.807) is 6.20 Å². The van der Waals surface area contributed by atoms with Crippen molar-refractivity contribution >= 4 is 28.5 Å². The molecule has 0 saturated carbocycles. The topological polar surface area (TPSA) is 69.7 Å². The van der Waals surface area contributed by atoms with Crippen LogP contribution in [0.4, 0.5) is 17.5 Å². The summed E-state index contributed by atoms with van der Waals surface area (Å²) in [4.78, 5) is 19.4. The van der Waals surface area contributed by atoms with E-state index in [0.717, 1.165) is 53.0 Å². The number of nitrogens with one attached hydrogen (secondary N) is 2. The summed E-state index contributed by atoms with van der Waals surface area (Å²) >= 11 is 0. The van der Waals surface area contributed by atoms with Crippen LogP contribution in [0.3, 0.4) is 0 Å². The van der Waals surface area contributed by atoms with E-state index in [1.807, 2.05) is 26.0 Å². The molecule has 0 spiro atoms. The number of aromatic nitrogens is 4. The molecule has 0 unspecified atom stereocenters. The fourth-order valence-electron chi connectivity index (χ4n) is 3.03. The number of rotatable bonds is 3. The van der Waals surface area contributed by atoms with Crippen molar-refractivity contribution in [3.05, 3.63) is 35.8 Å². The fraction of sp³-hybridized carbons (Fsp3) is 0.353. The Balaban J connectivity index is 1.81. The molecule has 0 atom stereocenters. The van der Waals surface area contributed by atoms with Crippen LogP contribution in [-0.2, 0) is 0 Å². The van der Waals surface area contributed by atoms with Crippen molar-refractivity contribution in [2.75, 3.05) is 23.3 Å². The molecular formula is C17H20N6. The molecule has 6 heteroatoms. The smallest absolute Gasteiger partial charge is 0.229 e. The van der Waals surface area contributed by atoms with Gasteiger partial charge in [-0.2, -0.15) is 9.97 Å². The minimum absolute atomic E-state index is 0.792. The largest absolute Gasteiger partial charge is 0.343 e. The molecule has 0 aromatic carbocycles. The lowest BCUT2D eigenvalue weighted by molar-refractivity contribution is 0.906. The van der Waals surface area contributed by atoms with E-state index >= 15 is 0 Å². The second kappa shape index (κ2) is 5.53. The van der Waals surface area contributed by atoms with Gasteiger partial charge in [0, 0.05) is 25.0 Å². The van der Waals surface area contributed by atoms with Gasteiger partial charge in [-0.15, -0.1) is 0 Å². The lowest BCUT2D eigenvalue weighted by Gasteiger charge is -2.17. The van der Waals surface area contributed by atoms with E-state index in [0.29, 0.717) is 0 Å². The first kappa shape index (κ1) is 14.0. The molecule has 0 amide bonds. The Hall–Kier alpha value is -2.63. The van der Waals surface area contributed by atoms with Crippen molar-refractivity contribution in [1.82, 2.24) is 19.9 Å². The molecule has 1 saturated heterocycles. The van der Waals surface area contributed by atoms with E-state index in [-0.39, 0.29) is 0 Å². The van der Waals surface area contributed by atoms with E-state index < -0.39 is 0 Å². The van der Waals surface area contributed by atoms with Crippen LogP contribution >= 0.6 is 0 Å². The average molecular weight is 308 g/mol. The number of H-pyrrole nitrogens is 1. The number of hydrogen-bond donors (Lipinski definition) is 2. The second-order valence-corrected chi connectivity index (χ2v) is 6.04.